The fourth-order valence-corrected chi connectivity index (χ4v) is 2.92. The highest BCUT2D eigenvalue weighted by molar-refractivity contribution is 5.93. The standard InChI is InChI=1S/C17H25N3O3.ClH/c1-19-16(21)9-10-23-14-7-5-13(6-8-14)20-17(22)15-4-2-3-12(15)11-18;/h5-8,12,15H,2-4,9-11,18H2,1H3,(H,19,21)(H,20,22);1H/t12-,15-;/m1./s1. The number of benzene rings is 1. The van der Waals surface area contributed by atoms with Crippen LogP contribution in [0.2, 0.25) is 0 Å². The van der Waals surface area contributed by atoms with Crippen molar-refractivity contribution < 1.29 is 14.3 Å². The molecule has 2 rings (SSSR count). The molecular formula is C17H26ClN3O3. The van der Waals surface area contributed by atoms with Crippen molar-refractivity contribution in [1.29, 1.82) is 0 Å². The topological polar surface area (TPSA) is 93.5 Å². The molecule has 1 aromatic rings. The van der Waals surface area contributed by atoms with E-state index < -0.39 is 0 Å². The predicted molar refractivity (Wildman–Crippen MR) is 96.4 cm³/mol. The smallest absolute Gasteiger partial charge is 0.227 e. The van der Waals surface area contributed by atoms with Gasteiger partial charge in [-0.05, 0) is 49.6 Å². The zero-order valence-electron chi connectivity index (χ0n) is 13.9. The van der Waals surface area contributed by atoms with E-state index >= 15 is 0 Å². The summed E-state index contributed by atoms with van der Waals surface area (Å²) in [7, 11) is 1.60. The third-order valence-corrected chi connectivity index (χ3v) is 4.30. The molecule has 7 heteroatoms. The number of ether oxygens (including phenoxy) is 1. The van der Waals surface area contributed by atoms with Gasteiger partial charge >= 0.3 is 0 Å². The second kappa shape index (κ2) is 10.2. The normalized spacial score (nSPS) is 19.2. The first-order valence-corrected chi connectivity index (χ1v) is 8.08. The number of amides is 2. The molecule has 1 saturated carbocycles. The van der Waals surface area contributed by atoms with Crippen LogP contribution < -0.4 is 21.1 Å². The van der Waals surface area contributed by atoms with E-state index in [-0.39, 0.29) is 30.1 Å². The van der Waals surface area contributed by atoms with Gasteiger partial charge in [0.15, 0.2) is 0 Å². The van der Waals surface area contributed by atoms with E-state index in [1.54, 1.807) is 31.3 Å². The van der Waals surface area contributed by atoms with E-state index in [0.29, 0.717) is 31.2 Å². The molecule has 2 atom stereocenters. The Morgan fingerprint density at radius 2 is 1.96 bits per heavy atom. The Balaban J connectivity index is 0.00000288. The van der Waals surface area contributed by atoms with Gasteiger partial charge in [-0.2, -0.15) is 0 Å². The van der Waals surface area contributed by atoms with Gasteiger partial charge in [0.05, 0.1) is 13.0 Å². The second-order valence-electron chi connectivity index (χ2n) is 5.82. The van der Waals surface area contributed by atoms with Gasteiger partial charge in [0.25, 0.3) is 0 Å². The fraction of sp³-hybridized carbons (Fsp3) is 0.529. The molecule has 0 aliphatic heterocycles. The number of nitrogens with two attached hydrogens (primary N) is 1. The number of carbonyl (C=O) groups excluding carboxylic acids is 2. The minimum Gasteiger partial charge on any atom is -0.493 e. The zero-order valence-corrected chi connectivity index (χ0v) is 14.7. The monoisotopic (exact) mass is 355 g/mol. The van der Waals surface area contributed by atoms with E-state index in [0.717, 1.165) is 24.9 Å². The van der Waals surface area contributed by atoms with E-state index in [1.807, 2.05) is 0 Å². The van der Waals surface area contributed by atoms with Crippen LogP contribution in [0, 0.1) is 11.8 Å². The van der Waals surface area contributed by atoms with Gasteiger partial charge in [-0.25, -0.2) is 0 Å². The van der Waals surface area contributed by atoms with Crippen LogP contribution in [0.25, 0.3) is 0 Å². The molecule has 0 radical (unpaired) electrons. The lowest BCUT2D eigenvalue weighted by Crippen LogP contribution is -2.29. The molecular weight excluding hydrogens is 330 g/mol. The third kappa shape index (κ3) is 5.69. The highest BCUT2D eigenvalue weighted by Crippen LogP contribution is 2.32. The number of hydrogen-bond acceptors (Lipinski definition) is 4. The van der Waals surface area contributed by atoms with Crippen molar-refractivity contribution in [3.05, 3.63) is 24.3 Å². The highest BCUT2D eigenvalue weighted by Gasteiger charge is 2.31. The van der Waals surface area contributed by atoms with E-state index in [9.17, 15) is 9.59 Å². The Morgan fingerprint density at radius 1 is 1.25 bits per heavy atom. The van der Waals surface area contributed by atoms with Crippen molar-refractivity contribution in [3.8, 4) is 5.75 Å². The second-order valence-corrected chi connectivity index (χ2v) is 5.82. The van der Waals surface area contributed by atoms with Gasteiger partial charge in [0.1, 0.15) is 5.75 Å². The molecule has 2 amide bonds. The van der Waals surface area contributed by atoms with Gasteiger partial charge in [0, 0.05) is 18.7 Å². The maximum absolute atomic E-state index is 12.3. The summed E-state index contributed by atoms with van der Waals surface area (Å²) >= 11 is 0. The Hall–Kier alpha value is -1.79. The van der Waals surface area contributed by atoms with Gasteiger partial charge in [-0.15, -0.1) is 12.4 Å². The Morgan fingerprint density at radius 3 is 2.58 bits per heavy atom. The SMILES string of the molecule is CNC(=O)CCOc1ccc(NC(=O)[C@@H]2CCC[C@@H]2CN)cc1.Cl. The lowest BCUT2D eigenvalue weighted by Gasteiger charge is -2.17. The maximum Gasteiger partial charge on any atom is 0.227 e. The van der Waals surface area contributed by atoms with Crippen LogP contribution in [0.3, 0.4) is 0 Å². The molecule has 0 heterocycles. The maximum atomic E-state index is 12.3. The summed E-state index contributed by atoms with van der Waals surface area (Å²) in [6.07, 6.45) is 3.33. The summed E-state index contributed by atoms with van der Waals surface area (Å²) < 4.78 is 5.48. The van der Waals surface area contributed by atoms with Crippen LogP contribution in [0.5, 0.6) is 5.75 Å². The first-order valence-electron chi connectivity index (χ1n) is 8.08. The molecule has 1 aliphatic rings. The molecule has 0 bridgehead atoms. The first kappa shape index (κ1) is 20.3. The zero-order chi connectivity index (χ0) is 16.7. The number of halogens is 1. The van der Waals surface area contributed by atoms with Crippen LogP contribution in [0.4, 0.5) is 5.69 Å². The molecule has 0 unspecified atom stereocenters. The Kier molecular flexibility index (Phi) is 8.57. The van der Waals surface area contributed by atoms with Gasteiger partial charge in [-0.1, -0.05) is 6.42 Å². The molecule has 1 fully saturated rings. The van der Waals surface area contributed by atoms with Crippen molar-refractivity contribution in [2.24, 2.45) is 17.6 Å². The average Bonchev–Trinajstić information content (AvgIpc) is 3.05. The molecule has 6 nitrogen and oxygen atoms in total. The number of anilines is 1. The summed E-state index contributed by atoms with van der Waals surface area (Å²) in [5.41, 5.74) is 6.47. The van der Waals surface area contributed by atoms with E-state index in [1.165, 1.54) is 0 Å². The van der Waals surface area contributed by atoms with Crippen molar-refractivity contribution in [2.45, 2.75) is 25.7 Å². The molecule has 24 heavy (non-hydrogen) atoms. The van der Waals surface area contributed by atoms with Crippen molar-refractivity contribution in [1.82, 2.24) is 5.32 Å². The van der Waals surface area contributed by atoms with E-state index in [2.05, 4.69) is 10.6 Å². The minimum atomic E-state index is -0.0556. The summed E-state index contributed by atoms with van der Waals surface area (Å²) in [4.78, 5) is 23.4. The Labute approximate surface area is 148 Å². The average molecular weight is 356 g/mol. The molecule has 0 aromatic heterocycles. The fourth-order valence-electron chi connectivity index (χ4n) is 2.92. The molecule has 0 spiro atoms. The quantitative estimate of drug-likeness (QED) is 0.696. The predicted octanol–water partition coefficient (Wildman–Crippen LogP) is 1.94. The number of rotatable bonds is 7. The summed E-state index contributed by atoms with van der Waals surface area (Å²) in [6, 6.07) is 7.18. The van der Waals surface area contributed by atoms with E-state index in [4.69, 9.17) is 10.5 Å². The van der Waals surface area contributed by atoms with Gasteiger partial charge < -0.3 is 21.1 Å². The molecule has 0 saturated heterocycles. The van der Waals surface area contributed by atoms with Gasteiger partial charge in [0.2, 0.25) is 11.8 Å². The summed E-state index contributed by atoms with van der Waals surface area (Å²) in [5.74, 6) is 0.976. The van der Waals surface area contributed by atoms with Crippen molar-refractivity contribution in [3.63, 3.8) is 0 Å². The minimum absolute atomic E-state index is 0. The van der Waals surface area contributed by atoms with Gasteiger partial charge in [-0.3, -0.25) is 9.59 Å². The number of nitrogens with one attached hydrogen (secondary N) is 2. The van der Waals surface area contributed by atoms with Crippen LogP contribution in [0.15, 0.2) is 24.3 Å². The summed E-state index contributed by atoms with van der Waals surface area (Å²) in [5, 5.41) is 5.49. The number of carbonyl (C=O) groups is 2. The molecule has 1 aliphatic carbocycles. The number of hydrogen-bond donors (Lipinski definition) is 3. The first-order chi connectivity index (χ1) is 11.1. The van der Waals surface area contributed by atoms with Crippen molar-refractivity contribution in [2.75, 3.05) is 25.5 Å². The Bertz CT molecular complexity index is 536. The van der Waals surface area contributed by atoms with Crippen LogP contribution >= 0.6 is 12.4 Å². The third-order valence-electron chi connectivity index (χ3n) is 4.30. The van der Waals surface area contributed by atoms with Crippen LogP contribution in [-0.4, -0.2) is 32.0 Å². The van der Waals surface area contributed by atoms with Crippen molar-refractivity contribution >= 4 is 29.9 Å². The highest BCUT2D eigenvalue weighted by atomic mass is 35.5. The molecule has 134 valence electrons. The largest absolute Gasteiger partial charge is 0.493 e. The lowest BCUT2D eigenvalue weighted by atomic mass is 9.95. The molecule has 1 aromatic carbocycles. The lowest BCUT2D eigenvalue weighted by molar-refractivity contribution is -0.121. The molecule has 4 N–H and O–H groups in total. The van der Waals surface area contributed by atoms with Crippen LogP contribution in [-0.2, 0) is 9.59 Å². The van der Waals surface area contributed by atoms with Crippen LogP contribution in [0.1, 0.15) is 25.7 Å². The summed E-state index contributed by atoms with van der Waals surface area (Å²) in [6.45, 7) is 0.891.